The second kappa shape index (κ2) is 8.36. The summed E-state index contributed by atoms with van der Waals surface area (Å²) < 4.78 is 45.3. The minimum Gasteiger partial charge on any atom is -0.466 e. The van der Waals surface area contributed by atoms with E-state index in [1.807, 2.05) is 0 Å². The molecule has 1 aromatic carbocycles. The number of hydrogen-bond donors (Lipinski definition) is 1. The first-order chi connectivity index (χ1) is 12.2. The second-order valence-corrected chi connectivity index (χ2v) is 6.27. The van der Waals surface area contributed by atoms with Gasteiger partial charge in [-0.05, 0) is 33.8 Å². The number of ether oxygens (including phenoxy) is 2. The predicted molar refractivity (Wildman–Crippen MR) is 91.7 cm³/mol. The molecule has 0 radical (unpaired) electrons. The van der Waals surface area contributed by atoms with E-state index in [0.717, 1.165) is 23.9 Å². The Hall–Kier alpha value is -2.34. The molecule has 0 unspecified atom stereocenters. The van der Waals surface area contributed by atoms with Crippen LogP contribution in [0.3, 0.4) is 0 Å². The van der Waals surface area contributed by atoms with Gasteiger partial charge in [0.1, 0.15) is 5.75 Å². The van der Waals surface area contributed by atoms with Crippen LogP contribution in [-0.2, 0) is 14.3 Å². The summed E-state index contributed by atoms with van der Waals surface area (Å²) in [5.74, 6) is -1.67. The highest BCUT2D eigenvalue weighted by Crippen LogP contribution is 2.32. The van der Waals surface area contributed by atoms with E-state index < -0.39 is 24.0 Å². The molecule has 7 nitrogen and oxygen atoms in total. The molecule has 1 aliphatic rings. The largest absolute Gasteiger partial charge is 0.573 e. The van der Waals surface area contributed by atoms with Gasteiger partial charge in [-0.2, -0.15) is 5.10 Å². The number of hydrogen-bond acceptors (Lipinski definition) is 7. The van der Waals surface area contributed by atoms with E-state index in [9.17, 15) is 22.8 Å². The highest BCUT2D eigenvalue weighted by Gasteiger charge is 2.32. The summed E-state index contributed by atoms with van der Waals surface area (Å²) in [4.78, 5) is 22.8. The summed E-state index contributed by atoms with van der Waals surface area (Å²) in [6.07, 6.45) is -2.65. The fourth-order valence-corrected chi connectivity index (χ4v) is 2.80. The van der Waals surface area contributed by atoms with Crippen LogP contribution in [0.1, 0.15) is 5.56 Å². The third kappa shape index (κ3) is 5.59. The maximum atomic E-state index is 12.3. The van der Waals surface area contributed by atoms with Gasteiger partial charge in [0.25, 0.3) is 5.91 Å². The van der Waals surface area contributed by atoms with Crippen molar-refractivity contribution in [2.75, 3.05) is 7.11 Å². The number of esters is 1. The first-order valence-corrected chi connectivity index (χ1v) is 8.24. The number of amidine groups is 1. The lowest BCUT2D eigenvalue weighted by molar-refractivity contribution is -0.274. The van der Waals surface area contributed by atoms with E-state index in [2.05, 4.69) is 40.9 Å². The molecule has 1 amide bonds. The topological polar surface area (TPSA) is 89.3 Å². The Morgan fingerprint density at radius 1 is 1.38 bits per heavy atom. The summed E-state index contributed by atoms with van der Waals surface area (Å²) in [5, 5.41) is 9.92. The highest BCUT2D eigenvalue weighted by atomic mass is 79.9. The number of halogens is 4. The molecular formula is C14H9BrF3N3O4S. The van der Waals surface area contributed by atoms with Crippen LogP contribution in [0.15, 0.2) is 43.9 Å². The lowest BCUT2D eigenvalue weighted by Crippen LogP contribution is -2.19. The Morgan fingerprint density at radius 2 is 2.12 bits per heavy atom. The second-order valence-electron chi connectivity index (χ2n) is 4.44. The Bertz CT molecular complexity index is 824. The molecule has 1 saturated heterocycles. The Labute approximate surface area is 157 Å². The monoisotopic (exact) mass is 451 g/mol. The van der Waals surface area contributed by atoms with Gasteiger partial charge in [-0.25, -0.2) is 4.79 Å². The molecule has 1 heterocycles. The van der Waals surface area contributed by atoms with Gasteiger partial charge in [-0.1, -0.05) is 12.1 Å². The highest BCUT2D eigenvalue weighted by molar-refractivity contribution is 9.10. The van der Waals surface area contributed by atoms with Crippen LogP contribution >= 0.6 is 27.7 Å². The third-order valence-electron chi connectivity index (χ3n) is 2.67. The molecule has 0 aliphatic carbocycles. The third-order valence-corrected chi connectivity index (χ3v) is 4.41. The normalized spacial score (nSPS) is 17.8. The van der Waals surface area contributed by atoms with Crippen LogP contribution in [0, 0.1) is 0 Å². The number of carbonyl (C=O) groups excluding carboxylic acids is 2. The van der Waals surface area contributed by atoms with Crippen molar-refractivity contribution in [3.63, 3.8) is 0 Å². The minimum absolute atomic E-state index is 0.0376. The number of methoxy groups -OCH3 is 1. The molecule has 1 aliphatic heterocycles. The van der Waals surface area contributed by atoms with Crippen molar-refractivity contribution in [3.05, 3.63) is 39.2 Å². The predicted octanol–water partition coefficient (Wildman–Crippen LogP) is 2.96. The van der Waals surface area contributed by atoms with Crippen molar-refractivity contribution in [3.8, 4) is 5.75 Å². The zero-order valence-electron chi connectivity index (χ0n) is 12.8. The van der Waals surface area contributed by atoms with E-state index in [1.165, 1.54) is 25.5 Å². The molecule has 0 atom stereocenters. The first-order valence-electron chi connectivity index (χ1n) is 6.63. The molecule has 1 fully saturated rings. The Morgan fingerprint density at radius 3 is 2.77 bits per heavy atom. The number of nitrogens with one attached hydrogen (secondary N) is 1. The number of alkyl halides is 3. The molecular weight excluding hydrogens is 443 g/mol. The van der Waals surface area contributed by atoms with Gasteiger partial charge in [0.05, 0.1) is 22.7 Å². The van der Waals surface area contributed by atoms with E-state index in [1.54, 1.807) is 0 Å². The van der Waals surface area contributed by atoms with Gasteiger partial charge in [-0.15, -0.1) is 18.3 Å². The molecule has 0 spiro atoms. The molecule has 0 bridgehead atoms. The van der Waals surface area contributed by atoms with Crippen molar-refractivity contribution >= 4 is 51.0 Å². The SMILES string of the molecule is COC(=O)/C=C1/S/C(=N\N=Cc2cccc(OC(F)(F)F)c2Br)NC1=O. The van der Waals surface area contributed by atoms with Gasteiger partial charge in [0.2, 0.25) is 0 Å². The van der Waals surface area contributed by atoms with Crippen molar-refractivity contribution in [2.45, 2.75) is 6.36 Å². The van der Waals surface area contributed by atoms with Gasteiger partial charge in [-0.3, -0.25) is 10.1 Å². The maximum Gasteiger partial charge on any atom is 0.573 e. The molecule has 2 rings (SSSR count). The fourth-order valence-electron chi connectivity index (χ4n) is 1.62. The van der Waals surface area contributed by atoms with E-state index >= 15 is 0 Å². The standard InChI is InChI=1S/C14H9BrF3N3O4S/c1-24-10(22)5-9-12(23)20-13(26-9)21-19-6-7-3-2-4-8(11(7)15)25-14(16,17)18/h2-6H,1H3,(H,20,21,23)/b9-5+,19-6?. The number of thioether (sulfide) groups is 1. The Kier molecular flexibility index (Phi) is 6.42. The lowest BCUT2D eigenvalue weighted by Gasteiger charge is -2.11. The van der Waals surface area contributed by atoms with Crippen molar-refractivity contribution < 1.29 is 32.2 Å². The van der Waals surface area contributed by atoms with Gasteiger partial charge >= 0.3 is 12.3 Å². The Balaban J connectivity index is 2.13. The summed E-state index contributed by atoms with van der Waals surface area (Å²) in [5.41, 5.74) is 0.274. The zero-order chi connectivity index (χ0) is 19.3. The van der Waals surface area contributed by atoms with Crippen LogP contribution in [0.25, 0.3) is 0 Å². The van der Waals surface area contributed by atoms with Crippen molar-refractivity contribution in [1.29, 1.82) is 0 Å². The number of benzene rings is 1. The molecule has 138 valence electrons. The quantitative estimate of drug-likeness (QED) is 0.329. The lowest BCUT2D eigenvalue weighted by atomic mass is 10.2. The summed E-state index contributed by atoms with van der Waals surface area (Å²) >= 11 is 3.87. The molecule has 0 aromatic heterocycles. The summed E-state index contributed by atoms with van der Waals surface area (Å²) in [7, 11) is 1.17. The number of amides is 1. The molecule has 1 aromatic rings. The van der Waals surface area contributed by atoms with E-state index in [0.29, 0.717) is 0 Å². The summed E-state index contributed by atoms with van der Waals surface area (Å²) in [6, 6.07) is 3.97. The smallest absolute Gasteiger partial charge is 0.466 e. The minimum atomic E-state index is -4.83. The molecule has 1 N–H and O–H groups in total. The van der Waals surface area contributed by atoms with Crippen LogP contribution in [0.5, 0.6) is 5.75 Å². The van der Waals surface area contributed by atoms with Crippen LogP contribution in [0.2, 0.25) is 0 Å². The molecule has 12 heteroatoms. The zero-order valence-corrected chi connectivity index (χ0v) is 15.2. The molecule has 0 saturated carbocycles. The van der Waals surface area contributed by atoms with Gasteiger partial charge < -0.3 is 9.47 Å². The number of carbonyl (C=O) groups is 2. The van der Waals surface area contributed by atoms with Gasteiger partial charge in [0.15, 0.2) is 5.17 Å². The van der Waals surface area contributed by atoms with Crippen LogP contribution in [0.4, 0.5) is 13.2 Å². The first kappa shape index (κ1) is 20.0. The van der Waals surface area contributed by atoms with Crippen molar-refractivity contribution in [2.24, 2.45) is 10.2 Å². The van der Waals surface area contributed by atoms with Crippen LogP contribution in [-0.4, -0.2) is 36.7 Å². The van der Waals surface area contributed by atoms with Crippen LogP contribution < -0.4 is 10.1 Å². The average molecular weight is 452 g/mol. The van der Waals surface area contributed by atoms with Gasteiger partial charge in [0, 0.05) is 11.6 Å². The fraction of sp³-hybridized carbons (Fsp3) is 0.143. The maximum absolute atomic E-state index is 12.3. The number of nitrogens with zero attached hydrogens (tertiary/aromatic N) is 2. The number of rotatable bonds is 4. The summed E-state index contributed by atoms with van der Waals surface area (Å²) in [6.45, 7) is 0. The van der Waals surface area contributed by atoms with Crippen molar-refractivity contribution in [1.82, 2.24) is 5.32 Å². The van der Waals surface area contributed by atoms with E-state index in [-0.39, 0.29) is 20.1 Å². The molecule has 26 heavy (non-hydrogen) atoms. The average Bonchev–Trinajstić information content (AvgIpc) is 2.89. The van der Waals surface area contributed by atoms with E-state index in [4.69, 9.17) is 0 Å².